The highest BCUT2D eigenvalue weighted by Crippen LogP contribution is 2.28. The average molecular weight is 461 g/mol. The maximum Gasteiger partial charge on any atom is 0.274 e. The Bertz CT molecular complexity index is 927. The lowest BCUT2D eigenvalue weighted by Crippen LogP contribution is -2.49. The predicted molar refractivity (Wildman–Crippen MR) is 117 cm³/mol. The SMILES string of the molecule is Cl.Cl.Cn1ccnc1C1CNCCN1C(=O)c1csc(-c2ccc(Cl)cc2)n1. The van der Waals surface area contributed by atoms with Gasteiger partial charge in [-0.25, -0.2) is 9.97 Å². The van der Waals surface area contributed by atoms with E-state index in [1.54, 1.807) is 6.20 Å². The van der Waals surface area contributed by atoms with Crippen LogP contribution in [0.3, 0.4) is 0 Å². The standard InChI is InChI=1S/C18H18ClN5OS.2ClH/c1-23-8-7-21-16(23)15-10-20-6-9-24(15)18(25)14-11-26-17(22-14)12-2-4-13(19)5-3-12;;/h2-5,7-8,11,15,20H,6,9-10H2,1H3;2*1H. The van der Waals surface area contributed by atoms with E-state index in [1.165, 1.54) is 11.3 Å². The van der Waals surface area contributed by atoms with E-state index in [0.717, 1.165) is 22.9 Å². The van der Waals surface area contributed by atoms with Crippen molar-refractivity contribution >= 4 is 53.7 Å². The van der Waals surface area contributed by atoms with Gasteiger partial charge in [0.1, 0.15) is 22.6 Å². The van der Waals surface area contributed by atoms with E-state index in [9.17, 15) is 4.79 Å². The van der Waals surface area contributed by atoms with E-state index >= 15 is 0 Å². The number of amides is 1. The van der Waals surface area contributed by atoms with E-state index < -0.39 is 0 Å². The lowest BCUT2D eigenvalue weighted by Gasteiger charge is -2.35. The Kier molecular flexibility index (Phi) is 7.86. The number of carbonyl (C=O) groups is 1. The number of imidazole rings is 1. The summed E-state index contributed by atoms with van der Waals surface area (Å²) in [6.07, 6.45) is 3.65. The molecule has 1 amide bonds. The predicted octanol–water partition coefficient (Wildman–Crippen LogP) is 3.83. The summed E-state index contributed by atoms with van der Waals surface area (Å²) in [6.45, 7) is 2.08. The van der Waals surface area contributed by atoms with Gasteiger partial charge in [-0.15, -0.1) is 36.2 Å². The number of hydrogen-bond acceptors (Lipinski definition) is 5. The number of piperazine rings is 1. The molecule has 1 saturated heterocycles. The molecule has 0 radical (unpaired) electrons. The topological polar surface area (TPSA) is 63.1 Å². The van der Waals surface area contributed by atoms with E-state index in [0.29, 0.717) is 23.8 Å². The lowest BCUT2D eigenvalue weighted by atomic mass is 10.1. The minimum Gasteiger partial charge on any atom is -0.336 e. The number of rotatable bonds is 3. The van der Waals surface area contributed by atoms with Crippen molar-refractivity contribution in [3.05, 3.63) is 58.6 Å². The van der Waals surface area contributed by atoms with Crippen molar-refractivity contribution in [2.75, 3.05) is 19.6 Å². The van der Waals surface area contributed by atoms with Gasteiger partial charge in [0.05, 0.1) is 0 Å². The highest BCUT2D eigenvalue weighted by atomic mass is 35.5. The third kappa shape index (κ3) is 4.50. The molecule has 0 bridgehead atoms. The highest BCUT2D eigenvalue weighted by molar-refractivity contribution is 7.13. The van der Waals surface area contributed by atoms with Crippen molar-refractivity contribution < 1.29 is 4.79 Å². The summed E-state index contributed by atoms with van der Waals surface area (Å²) in [4.78, 5) is 23.9. The molecule has 1 fully saturated rings. The lowest BCUT2D eigenvalue weighted by molar-refractivity contribution is 0.0615. The Labute approximate surface area is 184 Å². The zero-order chi connectivity index (χ0) is 18.1. The Hall–Kier alpha value is -1.64. The molecule has 0 saturated carbocycles. The maximum atomic E-state index is 13.1. The largest absolute Gasteiger partial charge is 0.336 e. The zero-order valence-corrected chi connectivity index (χ0v) is 18.2. The number of carbonyl (C=O) groups excluding carboxylic acids is 1. The van der Waals surface area contributed by atoms with Crippen LogP contribution in [0.2, 0.25) is 5.02 Å². The Balaban J connectivity index is 0.00000140. The Morgan fingerprint density at radius 2 is 2.04 bits per heavy atom. The molecule has 0 spiro atoms. The van der Waals surface area contributed by atoms with Crippen LogP contribution in [0.5, 0.6) is 0 Å². The van der Waals surface area contributed by atoms with Gasteiger partial charge in [0, 0.05) is 55.0 Å². The molecule has 150 valence electrons. The van der Waals surface area contributed by atoms with Gasteiger partial charge in [-0.1, -0.05) is 23.7 Å². The normalized spacial score (nSPS) is 16.2. The molecule has 4 rings (SSSR count). The second-order valence-corrected chi connectivity index (χ2v) is 7.45. The smallest absolute Gasteiger partial charge is 0.274 e. The average Bonchev–Trinajstić information content (AvgIpc) is 3.31. The number of thiazole rings is 1. The van der Waals surface area contributed by atoms with Gasteiger partial charge in [0.2, 0.25) is 0 Å². The first-order valence-electron chi connectivity index (χ1n) is 8.34. The fraction of sp³-hybridized carbons (Fsp3) is 0.278. The molecule has 1 atom stereocenters. The molecule has 6 nitrogen and oxygen atoms in total. The first-order chi connectivity index (χ1) is 12.6. The molecule has 28 heavy (non-hydrogen) atoms. The molecule has 2 aromatic heterocycles. The third-order valence-electron chi connectivity index (χ3n) is 4.48. The van der Waals surface area contributed by atoms with E-state index in [4.69, 9.17) is 11.6 Å². The summed E-state index contributed by atoms with van der Waals surface area (Å²) >= 11 is 7.41. The van der Waals surface area contributed by atoms with Crippen LogP contribution in [-0.4, -0.2) is 45.0 Å². The van der Waals surface area contributed by atoms with Gasteiger partial charge in [0.15, 0.2) is 0 Å². The van der Waals surface area contributed by atoms with Crippen LogP contribution in [0.4, 0.5) is 0 Å². The molecule has 1 aliphatic heterocycles. The second kappa shape index (κ2) is 9.71. The van der Waals surface area contributed by atoms with Crippen LogP contribution in [0.15, 0.2) is 42.0 Å². The van der Waals surface area contributed by atoms with Crippen molar-refractivity contribution in [2.24, 2.45) is 7.05 Å². The summed E-state index contributed by atoms with van der Waals surface area (Å²) in [5.74, 6) is 0.815. The highest BCUT2D eigenvalue weighted by Gasteiger charge is 2.32. The number of halogens is 3. The van der Waals surface area contributed by atoms with Crippen molar-refractivity contribution in [1.82, 2.24) is 24.8 Å². The van der Waals surface area contributed by atoms with Gasteiger partial charge in [-0.2, -0.15) is 0 Å². The molecule has 1 unspecified atom stereocenters. The van der Waals surface area contributed by atoms with Crippen LogP contribution in [0, 0.1) is 0 Å². The number of hydrogen-bond donors (Lipinski definition) is 1. The summed E-state index contributed by atoms with van der Waals surface area (Å²) in [5.41, 5.74) is 1.43. The fourth-order valence-electron chi connectivity index (χ4n) is 3.12. The Morgan fingerprint density at radius 1 is 1.29 bits per heavy atom. The van der Waals surface area contributed by atoms with Gasteiger partial charge in [-0.05, 0) is 12.1 Å². The molecule has 3 aromatic rings. The molecular weight excluding hydrogens is 441 g/mol. The zero-order valence-electron chi connectivity index (χ0n) is 15.0. The van der Waals surface area contributed by atoms with E-state index in [1.807, 2.05) is 52.4 Å². The van der Waals surface area contributed by atoms with Crippen LogP contribution >= 0.6 is 47.8 Å². The summed E-state index contributed by atoms with van der Waals surface area (Å²) < 4.78 is 1.96. The molecule has 1 aliphatic rings. The van der Waals surface area contributed by atoms with Gasteiger partial charge < -0.3 is 14.8 Å². The minimum absolute atomic E-state index is 0. The quantitative estimate of drug-likeness (QED) is 0.645. The first-order valence-corrected chi connectivity index (χ1v) is 9.59. The minimum atomic E-state index is -0.100. The number of nitrogens with zero attached hydrogens (tertiary/aromatic N) is 4. The summed E-state index contributed by atoms with van der Waals surface area (Å²) in [7, 11) is 1.95. The molecule has 1 aromatic carbocycles. The number of nitrogens with one attached hydrogen (secondary N) is 1. The van der Waals surface area contributed by atoms with Crippen LogP contribution in [-0.2, 0) is 7.05 Å². The maximum absolute atomic E-state index is 13.1. The van der Waals surface area contributed by atoms with Crippen LogP contribution < -0.4 is 5.32 Å². The first kappa shape index (κ1) is 22.6. The van der Waals surface area contributed by atoms with Crippen molar-refractivity contribution in [3.63, 3.8) is 0 Å². The second-order valence-electron chi connectivity index (χ2n) is 6.16. The van der Waals surface area contributed by atoms with Crippen LogP contribution in [0.1, 0.15) is 22.4 Å². The fourth-order valence-corrected chi connectivity index (χ4v) is 4.05. The summed E-state index contributed by atoms with van der Waals surface area (Å²) in [6, 6.07) is 7.38. The van der Waals surface area contributed by atoms with Gasteiger partial charge in [-0.3, -0.25) is 4.79 Å². The van der Waals surface area contributed by atoms with Crippen molar-refractivity contribution in [2.45, 2.75) is 6.04 Å². The molecule has 0 aliphatic carbocycles. The molecule has 3 heterocycles. The third-order valence-corrected chi connectivity index (χ3v) is 5.62. The van der Waals surface area contributed by atoms with Crippen molar-refractivity contribution in [3.8, 4) is 10.6 Å². The van der Waals surface area contributed by atoms with Crippen molar-refractivity contribution in [1.29, 1.82) is 0 Å². The van der Waals surface area contributed by atoms with Gasteiger partial charge >= 0.3 is 0 Å². The monoisotopic (exact) mass is 459 g/mol. The van der Waals surface area contributed by atoms with E-state index in [2.05, 4.69) is 15.3 Å². The number of benzene rings is 1. The number of aryl methyl sites for hydroxylation is 1. The number of aromatic nitrogens is 3. The molecule has 10 heteroatoms. The van der Waals surface area contributed by atoms with Crippen LogP contribution in [0.25, 0.3) is 10.6 Å². The molecular formula is C18H20Cl3N5OS. The van der Waals surface area contributed by atoms with Gasteiger partial charge in [0.25, 0.3) is 5.91 Å². The summed E-state index contributed by atoms with van der Waals surface area (Å²) in [5, 5.41) is 6.66. The van der Waals surface area contributed by atoms with E-state index in [-0.39, 0.29) is 36.8 Å². The Morgan fingerprint density at radius 3 is 2.71 bits per heavy atom. The molecule has 1 N–H and O–H groups in total.